The SMILES string of the molecule is CN(C)C(=O)c1ccc(-n2c(=O)[nH]c3cnc4ccc(Br)cc4c32)cc1. The number of hydrogen-bond acceptors (Lipinski definition) is 3. The summed E-state index contributed by atoms with van der Waals surface area (Å²) < 4.78 is 2.52. The van der Waals surface area contributed by atoms with E-state index in [1.165, 1.54) is 4.90 Å². The molecule has 0 aliphatic rings. The molecule has 0 spiro atoms. The van der Waals surface area contributed by atoms with E-state index < -0.39 is 0 Å². The van der Waals surface area contributed by atoms with E-state index in [0.29, 0.717) is 16.8 Å². The molecule has 0 aliphatic carbocycles. The molecule has 2 aromatic carbocycles. The Morgan fingerprint density at radius 1 is 1.15 bits per heavy atom. The second-order valence-corrected chi connectivity index (χ2v) is 7.11. The lowest BCUT2D eigenvalue weighted by molar-refractivity contribution is 0.0827. The van der Waals surface area contributed by atoms with Gasteiger partial charge in [0.2, 0.25) is 0 Å². The first-order chi connectivity index (χ1) is 12.5. The highest BCUT2D eigenvalue weighted by atomic mass is 79.9. The van der Waals surface area contributed by atoms with Crippen LogP contribution in [0.3, 0.4) is 0 Å². The second-order valence-electron chi connectivity index (χ2n) is 6.19. The Kier molecular flexibility index (Phi) is 3.88. The molecule has 1 N–H and O–H groups in total. The lowest BCUT2D eigenvalue weighted by Gasteiger charge is -2.11. The van der Waals surface area contributed by atoms with Crippen molar-refractivity contribution in [2.45, 2.75) is 0 Å². The number of benzene rings is 2. The molecule has 0 fully saturated rings. The third-order valence-electron chi connectivity index (χ3n) is 4.25. The van der Waals surface area contributed by atoms with Gasteiger partial charge in [-0.05, 0) is 42.5 Å². The summed E-state index contributed by atoms with van der Waals surface area (Å²) in [5.74, 6) is -0.0820. The predicted molar refractivity (Wildman–Crippen MR) is 105 cm³/mol. The van der Waals surface area contributed by atoms with Gasteiger partial charge in [0.25, 0.3) is 5.91 Å². The number of carbonyl (C=O) groups is 1. The van der Waals surface area contributed by atoms with Crippen molar-refractivity contribution in [3.8, 4) is 5.69 Å². The van der Waals surface area contributed by atoms with Gasteiger partial charge in [-0.15, -0.1) is 0 Å². The fraction of sp³-hybridized carbons (Fsp3) is 0.105. The number of H-pyrrole nitrogens is 1. The monoisotopic (exact) mass is 410 g/mol. The molecule has 0 radical (unpaired) electrons. The highest BCUT2D eigenvalue weighted by Crippen LogP contribution is 2.26. The number of rotatable bonds is 2. The number of amides is 1. The number of hydrogen-bond donors (Lipinski definition) is 1. The number of aromatic amines is 1. The maximum atomic E-state index is 12.6. The Bertz CT molecular complexity index is 1210. The quantitative estimate of drug-likeness (QED) is 0.550. The molecular weight excluding hydrogens is 396 g/mol. The van der Waals surface area contributed by atoms with Crippen LogP contribution in [0.1, 0.15) is 10.4 Å². The van der Waals surface area contributed by atoms with Crippen molar-refractivity contribution < 1.29 is 4.79 Å². The molecule has 0 saturated heterocycles. The average Bonchev–Trinajstić information content (AvgIpc) is 2.97. The van der Waals surface area contributed by atoms with Gasteiger partial charge in [0.1, 0.15) is 0 Å². The standard InChI is InChI=1S/C19H15BrN4O2/c1-23(2)18(25)11-3-6-13(7-4-11)24-17-14-9-12(20)5-8-15(14)21-10-16(17)22-19(24)26/h3-10H,1-2H3,(H,22,26). The molecule has 130 valence electrons. The molecule has 4 rings (SSSR count). The lowest BCUT2D eigenvalue weighted by atomic mass is 10.1. The summed E-state index contributed by atoms with van der Waals surface area (Å²) >= 11 is 3.48. The number of pyridine rings is 1. The number of aromatic nitrogens is 3. The number of nitrogens with zero attached hydrogens (tertiary/aromatic N) is 3. The van der Waals surface area contributed by atoms with E-state index in [1.54, 1.807) is 49.1 Å². The molecule has 0 bridgehead atoms. The maximum Gasteiger partial charge on any atom is 0.331 e. The van der Waals surface area contributed by atoms with Gasteiger partial charge < -0.3 is 9.88 Å². The van der Waals surface area contributed by atoms with Crippen LogP contribution in [0.15, 0.2) is 57.9 Å². The molecule has 26 heavy (non-hydrogen) atoms. The summed E-state index contributed by atoms with van der Waals surface area (Å²) in [5, 5.41) is 0.865. The van der Waals surface area contributed by atoms with Gasteiger partial charge in [-0.2, -0.15) is 0 Å². The third-order valence-corrected chi connectivity index (χ3v) is 4.74. The van der Waals surface area contributed by atoms with Gasteiger partial charge in [-0.3, -0.25) is 14.3 Å². The Hall–Kier alpha value is -2.93. The molecule has 0 aliphatic heterocycles. The Balaban J connectivity index is 1.97. The number of halogens is 1. The normalized spacial score (nSPS) is 11.2. The zero-order chi connectivity index (χ0) is 18.4. The van der Waals surface area contributed by atoms with E-state index in [-0.39, 0.29) is 11.6 Å². The Labute approximate surface area is 157 Å². The maximum absolute atomic E-state index is 12.6. The fourth-order valence-corrected chi connectivity index (χ4v) is 3.37. The van der Waals surface area contributed by atoms with Gasteiger partial charge in [0, 0.05) is 29.5 Å². The first-order valence-corrected chi connectivity index (χ1v) is 8.76. The molecule has 6 nitrogen and oxygen atoms in total. The smallest absolute Gasteiger partial charge is 0.331 e. The van der Waals surface area contributed by atoms with Crippen LogP contribution in [0.5, 0.6) is 0 Å². The van der Waals surface area contributed by atoms with Crippen LogP contribution >= 0.6 is 15.9 Å². The van der Waals surface area contributed by atoms with Crippen molar-refractivity contribution in [2.75, 3.05) is 14.1 Å². The van der Waals surface area contributed by atoms with Crippen LogP contribution in [0.4, 0.5) is 0 Å². The molecule has 0 unspecified atom stereocenters. The molecule has 1 amide bonds. The van der Waals surface area contributed by atoms with Crippen molar-refractivity contribution >= 4 is 43.8 Å². The van der Waals surface area contributed by atoms with Crippen LogP contribution in [0, 0.1) is 0 Å². The lowest BCUT2D eigenvalue weighted by Crippen LogP contribution is -2.21. The average molecular weight is 411 g/mol. The van der Waals surface area contributed by atoms with Gasteiger partial charge >= 0.3 is 5.69 Å². The molecule has 7 heteroatoms. The van der Waals surface area contributed by atoms with Crippen molar-refractivity contribution in [1.29, 1.82) is 0 Å². The van der Waals surface area contributed by atoms with Gasteiger partial charge in [-0.25, -0.2) is 4.79 Å². The van der Waals surface area contributed by atoms with Gasteiger partial charge in [0.15, 0.2) is 0 Å². The zero-order valence-corrected chi connectivity index (χ0v) is 15.7. The minimum absolute atomic E-state index is 0.0820. The van der Waals surface area contributed by atoms with Crippen molar-refractivity contribution in [3.63, 3.8) is 0 Å². The minimum Gasteiger partial charge on any atom is -0.345 e. The molecule has 0 saturated carbocycles. The summed E-state index contributed by atoms with van der Waals surface area (Å²) in [7, 11) is 3.41. The summed E-state index contributed by atoms with van der Waals surface area (Å²) in [6, 6.07) is 12.8. The summed E-state index contributed by atoms with van der Waals surface area (Å²) in [5.41, 5.74) is 3.22. The second kappa shape index (κ2) is 6.10. The Morgan fingerprint density at radius 2 is 1.88 bits per heavy atom. The summed E-state index contributed by atoms with van der Waals surface area (Å²) in [6.45, 7) is 0. The molecule has 0 atom stereocenters. The number of nitrogens with one attached hydrogen (secondary N) is 1. The van der Waals surface area contributed by atoms with E-state index >= 15 is 0 Å². The van der Waals surface area contributed by atoms with Gasteiger partial charge in [0.05, 0.1) is 28.4 Å². The van der Waals surface area contributed by atoms with Crippen molar-refractivity contribution in [3.05, 3.63) is 69.2 Å². The van der Waals surface area contributed by atoms with Crippen LogP contribution in [0.25, 0.3) is 27.6 Å². The molecule has 2 aromatic heterocycles. The van der Waals surface area contributed by atoms with E-state index in [0.717, 1.165) is 20.9 Å². The molecule has 2 heterocycles. The molecular formula is C19H15BrN4O2. The van der Waals surface area contributed by atoms with E-state index in [4.69, 9.17) is 0 Å². The minimum atomic E-state index is -0.249. The van der Waals surface area contributed by atoms with Crippen LogP contribution in [-0.4, -0.2) is 39.4 Å². The van der Waals surface area contributed by atoms with E-state index in [2.05, 4.69) is 25.9 Å². The van der Waals surface area contributed by atoms with Gasteiger partial charge in [-0.1, -0.05) is 15.9 Å². The third kappa shape index (κ3) is 2.61. The topological polar surface area (TPSA) is 71.0 Å². The summed E-state index contributed by atoms with van der Waals surface area (Å²) in [6.07, 6.45) is 1.66. The predicted octanol–water partition coefficient (Wildman–Crippen LogP) is 3.33. The van der Waals surface area contributed by atoms with E-state index in [9.17, 15) is 9.59 Å². The number of fused-ring (bicyclic) bond motifs is 3. The van der Waals surface area contributed by atoms with Crippen molar-refractivity contribution in [2.24, 2.45) is 0 Å². The van der Waals surface area contributed by atoms with Crippen LogP contribution < -0.4 is 5.69 Å². The fourth-order valence-electron chi connectivity index (χ4n) is 3.01. The van der Waals surface area contributed by atoms with Crippen LogP contribution in [0.2, 0.25) is 0 Å². The largest absolute Gasteiger partial charge is 0.345 e. The van der Waals surface area contributed by atoms with Crippen molar-refractivity contribution in [1.82, 2.24) is 19.4 Å². The first kappa shape index (κ1) is 16.5. The number of carbonyl (C=O) groups excluding carboxylic acids is 1. The Morgan fingerprint density at radius 3 is 2.58 bits per heavy atom. The molecule has 4 aromatic rings. The summed E-state index contributed by atoms with van der Waals surface area (Å²) in [4.78, 5) is 33.4. The first-order valence-electron chi connectivity index (χ1n) is 7.97. The highest BCUT2D eigenvalue weighted by Gasteiger charge is 2.14. The van der Waals surface area contributed by atoms with Crippen LogP contribution in [-0.2, 0) is 0 Å². The number of imidazole rings is 1. The highest BCUT2D eigenvalue weighted by molar-refractivity contribution is 9.10. The zero-order valence-electron chi connectivity index (χ0n) is 14.2. The van der Waals surface area contributed by atoms with E-state index in [1.807, 2.05) is 18.2 Å².